The van der Waals surface area contributed by atoms with Gasteiger partial charge in [0.05, 0.1) is 0 Å². The summed E-state index contributed by atoms with van der Waals surface area (Å²) in [6.07, 6.45) is 12.0. The Hall–Kier alpha value is -0.690. The van der Waals surface area contributed by atoms with Gasteiger partial charge in [0.25, 0.3) is 0 Å². The molecule has 0 aromatic carbocycles. The molecule has 0 fully saturated rings. The Labute approximate surface area is 131 Å². The predicted molar refractivity (Wildman–Crippen MR) is 97.1 cm³/mol. The zero-order chi connectivity index (χ0) is 15.5. The molecular formula is C19H32S. The van der Waals surface area contributed by atoms with E-state index in [-0.39, 0.29) is 0 Å². The summed E-state index contributed by atoms with van der Waals surface area (Å²) in [6, 6.07) is 0. The van der Waals surface area contributed by atoms with Crippen LogP contribution in [0.5, 0.6) is 0 Å². The van der Waals surface area contributed by atoms with Crippen molar-refractivity contribution < 1.29 is 0 Å². The van der Waals surface area contributed by atoms with Crippen molar-refractivity contribution >= 4 is 11.8 Å². The normalized spacial score (nSPS) is 17.4. The van der Waals surface area contributed by atoms with Gasteiger partial charge in [-0.2, -0.15) is 0 Å². The second-order valence-electron chi connectivity index (χ2n) is 5.73. The van der Waals surface area contributed by atoms with E-state index in [2.05, 4.69) is 65.7 Å². The summed E-state index contributed by atoms with van der Waals surface area (Å²) < 4.78 is 0. The molecule has 0 saturated heterocycles. The van der Waals surface area contributed by atoms with Gasteiger partial charge >= 0.3 is 0 Å². The molecule has 0 aromatic heterocycles. The van der Waals surface area contributed by atoms with Crippen LogP contribution in [0.2, 0.25) is 0 Å². The fourth-order valence-corrected chi connectivity index (χ4v) is 3.51. The molecule has 0 amide bonds. The third-order valence-corrected chi connectivity index (χ3v) is 5.12. The highest BCUT2D eigenvalue weighted by atomic mass is 32.2. The van der Waals surface area contributed by atoms with Crippen molar-refractivity contribution in [2.75, 3.05) is 0 Å². The smallest absolute Gasteiger partial charge is 0.00882 e. The standard InChI is InChI=1S/C19H32S/c1-8-11-13-19(18(10-3)12-9-2)14-16(6)17(7)20-15(4)5/h8-11,16-19H,2-4,12-14H2,1,5-7H3/b11-8-. The van der Waals surface area contributed by atoms with Crippen LogP contribution in [-0.4, -0.2) is 5.25 Å². The van der Waals surface area contributed by atoms with Crippen LogP contribution in [0.4, 0.5) is 0 Å². The monoisotopic (exact) mass is 292 g/mol. The minimum absolute atomic E-state index is 0.535. The lowest BCUT2D eigenvalue weighted by molar-refractivity contribution is 0.317. The minimum atomic E-state index is 0.535. The minimum Gasteiger partial charge on any atom is -0.128 e. The summed E-state index contributed by atoms with van der Waals surface area (Å²) in [4.78, 5) is 1.21. The third-order valence-electron chi connectivity index (χ3n) is 3.88. The molecule has 0 rings (SSSR count). The molecule has 0 bridgehead atoms. The second-order valence-corrected chi connectivity index (χ2v) is 7.40. The van der Waals surface area contributed by atoms with Crippen molar-refractivity contribution in [1.29, 1.82) is 0 Å². The van der Waals surface area contributed by atoms with Gasteiger partial charge in [0.15, 0.2) is 0 Å². The van der Waals surface area contributed by atoms with E-state index in [9.17, 15) is 0 Å². The molecule has 114 valence electrons. The maximum Gasteiger partial charge on any atom is 0.00882 e. The predicted octanol–water partition coefficient (Wildman–Crippen LogP) is 6.63. The molecule has 0 aliphatic rings. The van der Waals surface area contributed by atoms with Crippen molar-refractivity contribution in [2.45, 2.75) is 52.2 Å². The largest absolute Gasteiger partial charge is 0.128 e. The van der Waals surface area contributed by atoms with E-state index in [4.69, 9.17) is 0 Å². The van der Waals surface area contributed by atoms with E-state index in [0.717, 1.165) is 12.8 Å². The van der Waals surface area contributed by atoms with Gasteiger partial charge in [0.2, 0.25) is 0 Å². The van der Waals surface area contributed by atoms with Crippen LogP contribution in [0.1, 0.15) is 47.0 Å². The Bertz CT molecular complexity index is 327. The Morgan fingerprint density at radius 1 is 1.20 bits per heavy atom. The Balaban J connectivity index is 4.72. The number of rotatable bonds is 11. The van der Waals surface area contributed by atoms with E-state index in [1.165, 1.54) is 11.3 Å². The summed E-state index contributed by atoms with van der Waals surface area (Å²) >= 11 is 1.90. The SMILES string of the molecule is C=CCC(C=C)C(C/C=C\C)CC(C)C(C)SC(=C)C. The molecule has 0 N–H and O–H groups in total. The van der Waals surface area contributed by atoms with E-state index in [1.807, 2.05) is 17.8 Å². The van der Waals surface area contributed by atoms with Crippen molar-refractivity contribution in [3.8, 4) is 0 Å². The fraction of sp³-hybridized carbons (Fsp3) is 0.579. The first-order valence-electron chi connectivity index (χ1n) is 7.62. The summed E-state index contributed by atoms with van der Waals surface area (Å²) in [6.45, 7) is 20.8. The van der Waals surface area contributed by atoms with Gasteiger partial charge < -0.3 is 0 Å². The lowest BCUT2D eigenvalue weighted by atomic mass is 9.80. The van der Waals surface area contributed by atoms with E-state index >= 15 is 0 Å². The zero-order valence-corrected chi connectivity index (χ0v) is 14.6. The molecule has 0 saturated carbocycles. The Morgan fingerprint density at radius 3 is 2.30 bits per heavy atom. The highest BCUT2D eigenvalue weighted by molar-refractivity contribution is 8.03. The quantitative estimate of drug-likeness (QED) is 0.385. The molecule has 0 radical (unpaired) electrons. The molecule has 0 aromatic rings. The van der Waals surface area contributed by atoms with Crippen LogP contribution >= 0.6 is 11.8 Å². The van der Waals surface area contributed by atoms with Crippen LogP contribution in [-0.2, 0) is 0 Å². The molecule has 20 heavy (non-hydrogen) atoms. The molecule has 0 aliphatic heterocycles. The fourth-order valence-electron chi connectivity index (χ4n) is 2.53. The summed E-state index contributed by atoms with van der Waals surface area (Å²) in [5, 5.41) is 0.620. The maximum absolute atomic E-state index is 4.02. The lowest BCUT2D eigenvalue weighted by Gasteiger charge is -2.28. The van der Waals surface area contributed by atoms with Gasteiger partial charge in [-0.1, -0.05) is 44.7 Å². The van der Waals surface area contributed by atoms with Gasteiger partial charge in [0, 0.05) is 5.25 Å². The molecule has 0 aliphatic carbocycles. The van der Waals surface area contributed by atoms with Crippen molar-refractivity contribution in [3.05, 3.63) is 48.9 Å². The molecule has 4 unspecified atom stereocenters. The number of hydrogen-bond acceptors (Lipinski definition) is 1. The van der Waals surface area contributed by atoms with Crippen molar-refractivity contribution in [1.82, 2.24) is 0 Å². The van der Waals surface area contributed by atoms with E-state index in [1.54, 1.807) is 0 Å². The molecule has 0 heterocycles. The highest BCUT2D eigenvalue weighted by Crippen LogP contribution is 2.34. The van der Waals surface area contributed by atoms with Crippen molar-refractivity contribution in [2.24, 2.45) is 17.8 Å². The van der Waals surface area contributed by atoms with E-state index in [0.29, 0.717) is 23.0 Å². The number of thioether (sulfide) groups is 1. The summed E-state index contributed by atoms with van der Waals surface area (Å²) in [5.74, 6) is 1.87. The van der Waals surface area contributed by atoms with Crippen LogP contribution in [0.25, 0.3) is 0 Å². The molecule has 1 heteroatoms. The van der Waals surface area contributed by atoms with Crippen molar-refractivity contribution in [3.63, 3.8) is 0 Å². The first-order chi connectivity index (χ1) is 9.46. The van der Waals surface area contributed by atoms with Gasteiger partial charge in [-0.25, -0.2) is 0 Å². The average molecular weight is 293 g/mol. The Kier molecular flexibility index (Phi) is 10.6. The third kappa shape index (κ3) is 7.79. The molecule has 4 atom stereocenters. The molecule has 0 spiro atoms. The summed E-state index contributed by atoms with van der Waals surface area (Å²) in [5.41, 5.74) is 0. The van der Waals surface area contributed by atoms with Crippen LogP contribution in [0.15, 0.2) is 48.9 Å². The molecular weight excluding hydrogens is 260 g/mol. The molecule has 0 nitrogen and oxygen atoms in total. The van der Waals surface area contributed by atoms with Crippen LogP contribution in [0.3, 0.4) is 0 Å². The average Bonchev–Trinajstić information content (AvgIpc) is 2.39. The Morgan fingerprint density at radius 2 is 1.85 bits per heavy atom. The van der Waals surface area contributed by atoms with Crippen LogP contribution < -0.4 is 0 Å². The first-order valence-corrected chi connectivity index (χ1v) is 8.50. The van der Waals surface area contributed by atoms with Gasteiger partial charge in [-0.05, 0) is 55.8 Å². The van der Waals surface area contributed by atoms with Crippen LogP contribution in [0, 0.1) is 17.8 Å². The first kappa shape index (κ1) is 19.3. The maximum atomic E-state index is 4.02. The van der Waals surface area contributed by atoms with E-state index < -0.39 is 0 Å². The zero-order valence-electron chi connectivity index (χ0n) is 13.8. The highest BCUT2D eigenvalue weighted by Gasteiger charge is 2.22. The van der Waals surface area contributed by atoms with Gasteiger partial charge in [0.1, 0.15) is 0 Å². The second kappa shape index (κ2) is 11.0. The topological polar surface area (TPSA) is 0 Å². The van der Waals surface area contributed by atoms with Gasteiger partial charge in [-0.15, -0.1) is 24.9 Å². The summed E-state index contributed by atoms with van der Waals surface area (Å²) in [7, 11) is 0. The number of allylic oxidation sites excluding steroid dienone is 5. The number of hydrogen-bond donors (Lipinski definition) is 0. The lowest BCUT2D eigenvalue weighted by Crippen LogP contribution is -2.20. The van der Waals surface area contributed by atoms with Gasteiger partial charge in [-0.3, -0.25) is 0 Å².